The summed E-state index contributed by atoms with van der Waals surface area (Å²) in [5.74, 6) is 0.247. The Balaban J connectivity index is 1.95. The van der Waals surface area contributed by atoms with Crippen molar-refractivity contribution in [1.82, 2.24) is 19.4 Å². The molecule has 1 amide bonds. The average molecular weight is 378 g/mol. The summed E-state index contributed by atoms with van der Waals surface area (Å²) < 4.78 is 2.69. The highest BCUT2D eigenvalue weighted by atomic mass is 35.5. The Hall–Kier alpha value is -1.96. The summed E-state index contributed by atoms with van der Waals surface area (Å²) in [7, 11) is 5.85. The molecule has 3 aromatic rings. The van der Waals surface area contributed by atoms with Crippen LogP contribution < -0.4 is 4.90 Å². The topological polar surface area (TPSA) is 54.3 Å². The van der Waals surface area contributed by atoms with Gasteiger partial charge in [0.2, 0.25) is 0 Å². The van der Waals surface area contributed by atoms with Crippen molar-refractivity contribution in [1.29, 1.82) is 0 Å². The van der Waals surface area contributed by atoms with E-state index in [1.54, 1.807) is 21.9 Å². The Bertz CT molecular complexity index is 888. The number of amides is 1. The zero-order valence-electron chi connectivity index (χ0n) is 14.4. The van der Waals surface area contributed by atoms with Crippen LogP contribution >= 0.6 is 22.9 Å². The monoisotopic (exact) mass is 377 g/mol. The van der Waals surface area contributed by atoms with Crippen molar-refractivity contribution in [3.63, 3.8) is 0 Å². The Morgan fingerprint density at radius 2 is 2.12 bits per heavy atom. The van der Waals surface area contributed by atoms with E-state index in [2.05, 4.69) is 14.9 Å². The molecule has 6 nitrogen and oxygen atoms in total. The molecule has 0 spiro atoms. The summed E-state index contributed by atoms with van der Waals surface area (Å²) in [6.07, 6.45) is 4.23. The standard InChI is InChI=1S/C17H20ClN5OS/c1-21(2)9-5-10-23(16(24)15-19-8-11-22(15)3)17-20-14-12(18)6-4-7-13(14)25-17/h4,6-8,11H,5,9-10H2,1-3H3. The van der Waals surface area contributed by atoms with Crippen LogP contribution in [0, 0.1) is 0 Å². The zero-order valence-corrected chi connectivity index (χ0v) is 16.0. The number of nitrogens with zero attached hydrogens (tertiary/aromatic N) is 5. The fourth-order valence-corrected chi connectivity index (χ4v) is 3.83. The summed E-state index contributed by atoms with van der Waals surface area (Å²) >= 11 is 7.71. The second kappa shape index (κ2) is 7.51. The highest BCUT2D eigenvalue weighted by Gasteiger charge is 2.24. The number of hydrogen-bond donors (Lipinski definition) is 0. The maximum absolute atomic E-state index is 13.0. The van der Waals surface area contributed by atoms with Crippen molar-refractivity contribution in [2.45, 2.75) is 6.42 Å². The lowest BCUT2D eigenvalue weighted by atomic mass is 10.3. The molecule has 0 radical (unpaired) electrons. The summed E-state index contributed by atoms with van der Waals surface area (Å²) in [5.41, 5.74) is 0.731. The molecule has 3 rings (SSSR count). The lowest BCUT2D eigenvalue weighted by molar-refractivity contribution is 0.0973. The maximum Gasteiger partial charge on any atom is 0.296 e. The third-order valence-electron chi connectivity index (χ3n) is 3.83. The van der Waals surface area contributed by atoms with Gasteiger partial charge < -0.3 is 9.47 Å². The number of aryl methyl sites for hydroxylation is 1. The second-order valence-electron chi connectivity index (χ2n) is 6.06. The molecule has 1 aromatic carbocycles. The minimum absolute atomic E-state index is 0.151. The van der Waals surface area contributed by atoms with Gasteiger partial charge in [-0.15, -0.1) is 0 Å². The van der Waals surface area contributed by atoms with Crippen LogP contribution in [0.1, 0.15) is 17.0 Å². The molecule has 0 unspecified atom stereocenters. The first-order valence-electron chi connectivity index (χ1n) is 7.96. The molecule has 8 heteroatoms. The Morgan fingerprint density at radius 3 is 2.76 bits per heavy atom. The van der Waals surface area contributed by atoms with Gasteiger partial charge in [-0.05, 0) is 39.2 Å². The fourth-order valence-electron chi connectivity index (χ4n) is 2.54. The fraction of sp³-hybridized carbons (Fsp3) is 0.353. The highest BCUT2D eigenvalue weighted by molar-refractivity contribution is 7.22. The van der Waals surface area contributed by atoms with Gasteiger partial charge in [0.1, 0.15) is 5.52 Å². The van der Waals surface area contributed by atoms with Crippen LogP contribution in [0.5, 0.6) is 0 Å². The number of para-hydroxylation sites is 1. The molecule has 25 heavy (non-hydrogen) atoms. The van der Waals surface area contributed by atoms with E-state index in [4.69, 9.17) is 11.6 Å². The number of carbonyl (C=O) groups is 1. The number of imidazole rings is 1. The summed E-state index contributed by atoms with van der Waals surface area (Å²) in [4.78, 5) is 25.6. The molecular weight excluding hydrogens is 358 g/mol. The van der Waals surface area contributed by atoms with E-state index in [0.29, 0.717) is 22.5 Å². The largest absolute Gasteiger partial charge is 0.330 e. The third kappa shape index (κ3) is 3.84. The molecule has 0 atom stereocenters. The molecule has 0 fully saturated rings. The van der Waals surface area contributed by atoms with Crippen LogP contribution in [0.3, 0.4) is 0 Å². The predicted molar refractivity (Wildman–Crippen MR) is 103 cm³/mol. The van der Waals surface area contributed by atoms with Gasteiger partial charge in [-0.2, -0.15) is 0 Å². The average Bonchev–Trinajstić information content (AvgIpc) is 3.17. The van der Waals surface area contributed by atoms with Gasteiger partial charge in [0.25, 0.3) is 5.91 Å². The molecule has 0 aliphatic carbocycles. The van der Waals surface area contributed by atoms with Crippen molar-refractivity contribution >= 4 is 44.2 Å². The number of benzene rings is 1. The number of aromatic nitrogens is 3. The van der Waals surface area contributed by atoms with Crippen LogP contribution in [0.25, 0.3) is 10.2 Å². The number of anilines is 1. The molecule has 2 heterocycles. The molecule has 0 saturated heterocycles. The maximum atomic E-state index is 13.0. The minimum atomic E-state index is -0.151. The van der Waals surface area contributed by atoms with Crippen molar-refractivity contribution in [3.8, 4) is 0 Å². The van der Waals surface area contributed by atoms with Crippen LogP contribution in [0.4, 0.5) is 5.13 Å². The molecule has 132 valence electrons. The van der Waals surface area contributed by atoms with Crippen LogP contribution in [-0.2, 0) is 7.05 Å². The van der Waals surface area contributed by atoms with E-state index in [0.717, 1.165) is 23.2 Å². The number of carbonyl (C=O) groups excluding carboxylic acids is 1. The first kappa shape index (κ1) is 17.8. The van der Waals surface area contributed by atoms with Gasteiger partial charge in [-0.1, -0.05) is 29.0 Å². The van der Waals surface area contributed by atoms with E-state index in [-0.39, 0.29) is 5.91 Å². The SMILES string of the molecule is CN(C)CCCN(C(=O)c1nccn1C)c1nc2c(Cl)cccc2s1. The smallest absolute Gasteiger partial charge is 0.296 e. The van der Waals surface area contributed by atoms with Crippen molar-refractivity contribution in [2.24, 2.45) is 7.05 Å². The molecule has 0 aliphatic heterocycles. The molecule has 0 saturated carbocycles. The number of hydrogen-bond acceptors (Lipinski definition) is 5. The first-order valence-corrected chi connectivity index (χ1v) is 9.16. The van der Waals surface area contributed by atoms with E-state index in [9.17, 15) is 4.79 Å². The van der Waals surface area contributed by atoms with E-state index in [1.807, 2.05) is 39.3 Å². The Morgan fingerprint density at radius 1 is 1.32 bits per heavy atom. The molecule has 0 aliphatic rings. The van der Waals surface area contributed by atoms with Gasteiger partial charge >= 0.3 is 0 Å². The second-order valence-corrected chi connectivity index (χ2v) is 7.47. The summed E-state index contributed by atoms with van der Waals surface area (Å²) in [6, 6.07) is 5.67. The van der Waals surface area contributed by atoms with Crippen LogP contribution in [0.2, 0.25) is 5.02 Å². The van der Waals surface area contributed by atoms with Crippen molar-refractivity contribution in [3.05, 3.63) is 41.4 Å². The van der Waals surface area contributed by atoms with Gasteiger partial charge in [-0.25, -0.2) is 9.97 Å². The predicted octanol–water partition coefficient (Wildman–Crippen LogP) is 3.28. The summed E-state index contributed by atoms with van der Waals surface area (Å²) in [5, 5.41) is 1.24. The summed E-state index contributed by atoms with van der Waals surface area (Å²) in [6.45, 7) is 1.46. The Kier molecular flexibility index (Phi) is 5.36. The Labute approximate surface area is 155 Å². The lowest BCUT2D eigenvalue weighted by Crippen LogP contribution is -2.35. The van der Waals surface area contributed by atoms with Crippen molar-refractivity contribution in [2.75, 3.05) is 32.1 Å². The van der Waals surface area contributed by atoms with Crippen LogP contribution in [-0.4, -0.2) is 52.5 Å². The van der Waals surface area contributed by atoms with E-state index >= 15 is 0 Å². The van der Waals surface area contributed by atoms with Gasteiger partial charge in [0.15, 0.2) is 11.0 Å². The number of rotatable bonds is 6. The quantitative estimate of drug-likeness (QED) is 0.661. The first-order chi connectivity index (χ1) is 12.0. The molecular formula is C17H20ClN5OS. The lowest BCUT2D eigenvalue weighted by Gasteiger charge is -2.20. The van der Waals surface area contributed by atoms with Crippen molar-refractivity contribution < 1.29 is 4.79 Å². The minimum Gasteiger partial charge on any atom is -0.330 e. The van der Waals surface area contributed by atoms with Crippen LogP contribution in [0.15, 0.2) is 30.6 Å². The molecule has 0 N–H and O–H groups in total. The van der Waals surface area contributed by atoms with Gasteiger partial charge in [0, 0.05) is 26.0 Å². The zero-order chi connectivity index (χ0) is 18.0. The van der Waals surface area contributed by atoms with Gasteiger partial charge in [-0.3, -0.25) is 9.69 Å². The highest BCUT2D eigenvalue weighted by Crippen LogP contribution is 2.33. The van der Waals surface area contributed by atoms with Gasteiger partial charge in [0.05, 0.1) is 9.72 Å². The van der Waals surface area contributed by atoms with E-state index < -0.39 is 0 Å². The molecule has 0 bridgehead atoms. The normalized spacial score (nSPS) is 11.4. The number of fused-ring (bicyclic) bond motifs is 1. The number of halogens is 1. The molecule has 2 aromatic heterocycles. The number of thiazole rings is 1. The van der Waals surface area contributed by atoms with E-state index in [1.165, 1.54) is 11.3 Å². The third-order valence-corrected chi connectivity index (χ3v) is 5.18.